The van der Waals surface area contributed by atoms with Gasteiger partial charge in [-0.25, -0.2) is 9.97 Å². The number of halogens is 1. The van der Waals surface area contributed by atoms with Crippen LogP contribution in [0, 0.1) is 11.5 Å². The molecule has 1 aliphatic rings. The molecule has 0 aliphatic carbocycles. The summed E-state index contributed by atoms with van der Waals surface area (Å²) < 4.78 is 30.5. The first-order valence-electron chi connectivity index (χ1n) is 16.6. The van der Waals surface area contributed by atoms with Crippen molar-refractivity contribution in [2.24, 2.45) is 0 Å². The summed E-state index contributed by atoms with van der Waals surface area (Å²) in [6, 6.07) is 22.9. The van der Waals surface area contributed by atoms with E-state index in [4.69, 9.17) is 48.5 Å². The highest BCUT2D eigenvalue weighted by molar-refractivity contribution is 7.80. The maximum atomic E-state index is 7.15. The van der Waals surface area contributed by atoms with Crippen molar-refractivity contribution >= 4 is 54.0 Å². The van der Waals surface area contributed by atoms with Crippen LogP contribution in [0.2, 0.25) is 23.4 Å². The third-order valence-electron chi connectivity index (χ3n) is 9.29. The molecular formula is C36H40ClN7O4SSi. The van der Waals surface area contributed by atoms with Gasteiger partial charge in [-0.15, -0.1) is 5.54 Å². The van der Waals surface area contributed by atoms with Gasteiger partial charge in [0.2, 0.25) is 5.28 Å². The molecule has 2 N–H and O–H groups in total. The van der Waals surface area contributed by atoms with E-state index < -0.39 is 32.1 Å². The fraction of sp³-hybridized carbons (Fsp3) is 0.361. The molecular weight excluding hydrogens is 690 g/mol. The number of anilines is 1. The lowest BCUT2D eigenvalue weighted by atomic mass is 9.96. The lowest BCUT2D eigenvalue weighted by Crippen LogP contribution is -2.49. The Labute approximate surface area is 303 Å². The number of aromatic nitrogens is 6. The van der Waals surface area contributed by atoms with Crippen LogP contribution in [-0.4, -0.2) is 66.7 Å². The topological polar surface area (TPSA) is 124 Å². The zero-order valence-electron chi connectivity index (χ0n) is 28.2. The third kappa shape index (κ3) is 7.61. The van der Waals surface area contributed by atoms with Crippen LogP contribution in [0.1, 0.15) is 38.1 Å². The summed E-state index contributed by atoms with van der Waals surface area (Å²) in [5.74, 6) is 3.78. The summed E-state index contributed by atoms with van der Waals surface area (Å²) in [6.45, 7) is 7.33. The Morgan fingerprint density at radius 3 is 2.32 bits per heavy atom. The highest BCUT2D eigenvalue weighted by Gasteiger charge is 2.59. The van der Waals surface area contributed by atoms with E-state index in [-0.39, 0.29) is 29.5 Å². The van der Waals surface area contributed by atoms with Gasteiger partial charge in [0, 0.05) is 12.4 Å². The minimum atomic E-state index is -2.00. The second-order valence-corrected chi connectivity index (χ2v) is 17.8. The van der Waals surface area contributed by atoms with Gasteiger partial charge in [0.05, 0.1) is 26.1 Å². The maximum absolute atomic E-state index is 7.15. The first-order valence-corrected chi connectivity index (χ1v) is 20.0. The van der Waals surface area contributed by atoms with Gasteiger partial charge in [-0.3, -0.25) is 9.13 Å². The molecule has 2 aromatic carbocycles. The number of benzene rings is 2. The lowest BCUT2D eigenvalue weighted by Gasteiger charge is -2.32. The number of hydrogen-bond acceptors (Lipinski definition) is 10. The number of hydrogen-bond donors (Lipinski definition) is 1. The summed E-state index contributed by atoms with van der Waals surface area (Å²) in [4.78, 5) is 17.3. The number of nitrogen functional groups attached to an aromatic ring is 1. The largest absolute Gasteiger partial charge is 0.459 e. The van der Waals surface area contributed by atoms with E-state index in [9.17, 15) is 0 Å². The van der Waals surface area contributed by atoms with E-state index in [0.717, 1.165) is 29.3 Å². The van der Waals surface area contributed by atoms with E-state index in [2.05, 4.69) is 52.2 Å². The number of nitrogens with two attached hydrogens (primary N) is 1. The Kier molecular flexibility index (Phi) is 11.3. The molecule has 11 nitrogen and oxygen atoms in total. The van der Waals surface area contributed by atoms with Crippen molar-refractivity contribution in [3.63, 3.8) is 0 Å². The predicted octanol–water partition coefficient (Wildman–Crippen LogP) is 6.60. The van der Waals surface area contributed by atoms with Crippen molar-refractivity contribution < 1.29 is 18.9 Å². The fourth-order valence-electron chi connectivity index (χ4n) is 6.13. The van der Waals surface area contributed by atoms with Crippen molar-refractivity contribution in [3.8, 4) is 11.5 Å². The minimum Gasteiger partial charge on any atom is -0.459 e. The number of thiocarbonyl (C=S) groups is 1. The molecule has 6 rings (SSSR count). The Hall–Kier alpha value is -4.16. The second kappa shape index (κ2) is 15.8. The SMILES string of the molecule is CC[Si](C#C[C@]1(COCc2ccccc2)O[C@@H](n2cnc3c(N)nc(Cl)nc32)[C@H](OC(=S)n2ccnc2)[C@@H]1OCc1ccccc1)(CC)CC. The first-order chi connectivity index (χ1) is 24.3. The number of imidazole rings is 2. The van der Waals surface area contributed by atoms with Crippen LogP contribution in [0.15, 0.2) is 85.7 Å². The van der Waals surface area contributed by atoms with E-state index >= 15 is 0 Å². The average Bonchev–Trinajstić information content (AvgIpc) is 3.89. The van der Waals surface area contributed by atoms with Gasteiger partial charge in [-0.05, 0) is 53.1 Å². The van der Waals surface area contributed by atoms with E-state index in [0.29, 0.717) is 17.8 Å². The van der Waals surface area contributed by atoms with Crippen LogP contribution in [0.4, 0.5) is 5.82 Å². The molecule has 0 radical (unpaired) electrons. The van der Waals surface area contributed by atoms with Crippen molar-refractivity contribution in [1.29, 1.82) is 0 Å². The molecule has 4 atom stereocenters. The first kappa shape index (κ1) is 35.7. The Bertz CT molecular complexity index is 1940. The number of ether oxygens (including phenoxy) is 4. The molecule has 1 saturated heterocycles. The maximum Gasteiger partial charge on any atom is 0.269 e. The average molecular weight is 730 g/mol. The molecule has 0 unspecified atom stereocenters. The highest BCUT2D eigenvalue weighted by atomic mass is 35.5. The molecule has 0 bridgehead atoms. The van der Waals surface area contributed by atoms with Crippen LogP contribution in [0.25, 0.3) is 11.2 Å². The Morgan fingerprint density at radius 2 is 1.68 bits per heavy atom. The highest BCUT2D eigenvalue weighted by Crippen LogP contribution is 2.43. The Balaban J connectivity index is 1.51. The molecule has 0 amide bonds. The third-order valence-corrected chi connectivity index (χ3v) is 14.5. The van der Waals surface area contributed by atoms with Crippen LogP contribution in [0.3, 0.4) is 0 Å². The molecule has 5 aromatic rings. The van der Waals surface area contributed by atoms with Gasteiger partial charge in [-0.1, -0.05) is 87.4 Å². The molecule has 0 saturated carbocycles. The summed E-state index contributed by atoms with van der Waals surface area (Å²) in [6.07, 6.45) is 3.94. The van der Waals surface area contributed by atoms with Crippen molar-refractivity contribution in [2.45, 2.75) is 76.2 Å². The van der Waals surface area contributed by atoms with Crippen LogP contribution in [0.5, 0.6) is 0 Å². The quantitative estimate of drug-likeness (QED) is 0.0651. The van der Waals surface area contributed by atoms with Gasteiger partial charge in [-0.2, -0.15) is 9.97 Å². The lowest BCUT2D eigenvalue weighted by molar-refractivity contribution is -0.123. The zero-order chi connectivity index (χ0) is 35.1. The summed E-state index contributed by atoms with van der Waals surface area (Å²) in [5.41, 5.74) is 11.4. The molecule has 1 fully saturated rings. The predicted molar refractivity (Wildman–Crippen MR) is 199 cm³/mol. The molecule has 3 aromatic heterocycles. The fourth-order valence-corrected chi connectivity index (χ4v) is 9.03. The Morgan fingerprint density at radius 1 is 1.00 bits per heavy atom. The van der Waals surface area contributed by atoms with E-state index in [1.807, 2.05) is 60.7 Å². The summed E-state index contributed by atoms with van der Waals surface area (Å²) in [5, 5.41) is 0.124. The van der Waals surface area contributed by atoms with Crippen LogP contribution < -0.4 is 5.73 Å². The summed E-state index contributed by atoms with van der Waals surface area (Å²) >= 11 is 12.1. The van der Waals surface area contributed by atoms with Gasteiger partial charge < -0.3 is 24.7 Å². The zero-order valence-corrected chi connectivity index (χ0v) is 30.8. The van der Waals surface area contributed by atoms with Gasteiger partial charge in [0.25, 0.3) is 5.17 Å². The number of nitrogens with zero attached hydrogens (tertiary/aromatic N) is 6. The van der Waals surface area contributed by atoms with Gasteiger partial charge in [0.1, 0.15) is 26.0 Å². The van der Waals surface area contributed by atoms with Crippen molar-refractivity contribution in [3.05, 3.63) is 102 Å². The molecule has 260 valence electrons. The molecule has 4 heterocycles. The monoisotopic (exact) mass is 729 g/mol. The van der Waals surface area contributed by atoms with Crippen molar-refractivity contribution in [2.75, 3.05) is 12.3 Å². The summed E-state index contributed by atoms with van der Waals surface area (Å²) in [7, 11) is -2.00. The minimum absolute atomic E-state index is 0.0279. The standard InChI is InChI=1S/C36H40ClN7O4SSi/c1-4-50(5-2,6-3)20-17-36(23-45-21-26-13-9-7-10-14-26)30(46-22-27-15-11-8-12-16-27)29(47-35(49)43-19-18-39-24-43)33(48-36)44-25-40-28-31(38)41-34(37)42-32(28)44/h7-16,18-19,24-25,29-30,33H,4-6,21-23H2,1-3H3,(H2,38,41,42)/t29-,30+,33-,36-/m1/s1. The smallest absolute Gasteiger partial charge is 0.269 e. The number of fused-ring (bicyclic) bond motifs is 1. The molecule has 0 spiro atoms. The van der Waals surface area contributed by atoms with Crippen LogP contribution >= 0.6 is 23.8 Å². The van der Waals surface area contributed by atoms with E-state index in [1.54, 1.807) is 34.2 Å². The van der Waals surface area contributed by atoms with Crippen LogP contribution in [-0.2, 0) is 32.2 Å². The molecule has 14 heteroatoms. The molecule has 1 aliphatic heterocycles. The number of rotatable bonds is 12. The molecule has 50 heavy (non-hydrogen) atoms. The van der Waals surface area contributed by atoms with Gasteiger partial charge in [0.15, 0.2) is 29.4 Å². The van der Waals surface area contributed by atoms with E-state index in [1.165, 1.54) is 0 Å². The van der Waals surface area contributed by atoms with Crippen molar-refractivity contribution in [1.82, 2.24) is 29.1 Å². The second-order valence-electron chi connectivity index (χ2n) is 12.2. The normalized spacial score (nSPS) is 20.4. The van der Waals surface area contributed by atoms with Gasteiger partial charge >= 0.3 is 0 Å².